The molecule has 148 valence electrons. The Labute approximate surface area is 175 Å². The normalized spacial score (nSPS) is 10.3. The standard InChI is InChI=1S/C25H21N3O2/c1-18-8-7-9-19(16-18)25(29)27-20-14-15-24(26-17-20)28-22-12-5-6-13-23(22)30-21-10-3-2-4-11-21/h2-17H,1H3,(H,26,28)(H,27,29). The van der Waals surface area contributed by atoms with Gasteiger partial charge in [0, 0.05) is 5.56 Å². The first kappa shape index (κ1) is 19.2. The Balaban J connectivity index is 1.45. The Morgan fingerprint density at radius 3 is 2.43 bits per heavy atom. The van der Waals surface area contributed by atoms with E-state index in [-0.39, 0.29) is 5.91 Å². The van der Waals surface area contributed by atoms with E-state index in [2.05, 4.69) is 15.6 Å². The number of nitrogens with zero attached hydrogens (tertiary/aromatic N) is 1. The summed E-state index contributed by atoms with van der Waals surface area (Å²) < 4.78 is 5.97. The van der Waals surface area contributed by atoms with Crippen molar-refractivity contribution in [3.63, 3.8) is 0 Å². The third-order valence-electron chi connectivity index (χ3n) is 4.42. The van der Waals surface area contributed by atoms with Crippen LogP contribution in [0.4, 0.5) is 17.2 Å². The van der Waals surface area contributed by atoms with Gasteiger partial charge in [0.15, 0.2) is 5.75 Å². The molecule has 4 aromatic rings. The number of ether oxygens (including phenoxy) is 1. The third kappa shape index (κ3) is 4.83. The number of benzene rings is 3. The molecule has 3 aromatic carbocycles. The summed E-state index contributed by atoms with van der Waals surface area (Å²) in [5.74, 6) is 1.94. The minimum atomic E-state index is -0.164. The maximum absolute atomic E-state index is 12.4. The van der Waals surface area contributed by atoms with Crippen LogP contribution in [0.1, 0.15) is 15.9 Å². The van der Waals surface area contributed by atoms with Crippen LogP contribution in [0.2, 0.25) is 0 Å². The third-order valence-corrected chi connectivity index (χ3v) is 4.42. The minimum Gasteiger partial charge on any atom is -0.455 e. The number of carbonyl (C=O) groups is 1. The summed E-state index contributed by atoms with van der Waals surface area (Å²) in [4.78, 5) is 16.8. The monoisotopic (exact) mass is 395 g/mol. The van der Waals surface area contributed by atoms with Gasteiger partial charge in [-0.2, -0.15) is 0 Å². The van der Waals surface area contributed by atoms with Gasteiger partial charge in [-0.3, -0.25) is 4.79 Å². The zero-order chi connectivity index (χ0) is 20.8. The Kier molecular flexibility index (Phi) is 5.71. The second kappa shape index (κ2) is 8.92. The summed E-state index contributed by atoms with van der Waals surface area (Å²) in [6.45, 7) is 1.96. The van der Waals surface area contributed by atoms with Crippen molar-refractivity contribution in [1.82, 2.24) is 4.98 Å². The van der Waals surface area contributed by atoms with Crippen LogP contribution in [0, 0.1) is 6.92 Å². The molecule has 5 nitrogen and oxygen atoms in total. The Bertz CT molecular complexity index is 1140. The van der Waals surface area contributed by atoms with Gasteiger partial charge in [-0.05, 0) is 55.5 Å². The minimum absolute atomic E-state index is 0.164. The van der Waals surface area contributed by atoms with E-state index in [9.17, 15) is 4.79 Å². The first-order valence-corrected chi connectivity index (χ1v) is 9.60. The van der Waals surface area contributed by atoms with Crippen molar-refractivity contribution in [1.29, 1.82) is 0 Å². The molecule has 0 bridgehead atoms. The fourth-order valence-corrected chi connectivity index (χ4v) is 2.94. The van der Waals surface area contributed by atoms with Gasteiger partial charge in [0.2, 0.25) is 0 Å². The van der Waals surface area contributed by atoms with E-state index < -0.39 is 0 Å². The number of pyridine rings is 1. The Morgan fingerprint density at radius 2 is 1.67 bits per heavy atom. The summed E-state index contributed by atoms with van der Waals surface area (Å²) in [6, 6.07) is 28.3. The van der Waals surface area contributed by atoms with Crippen LogP contribution in [0.3, 0.4) is 0 Å². The molecule has 30 heavy (non-hydrogen) atoms. The van der Waals surface area contributed by atoms with Gasteiger partial charge in [0.25, 0.3) is 5.91 Å². The quantitative estimate of drug-likeness (QED) is 0.409. The van der Waals surface area contributed by atoms with Crippen LogP contribution >= 0.6 is 0 Å². The highest BCUT2D eigenvalue weighted by molar-refractivity contribution is 6.04. The molecule has 1 amide bonds. The number of carbonyl (C=O) groups excluding carboxylic acids is 1. The largest absolute Gasteiger partial charge is 0.455 e. The zero-order valence-corrected chi connectivity index (χ0v) is 16.5. The van der Waals surface area contributed by atoms with Crippen molar-refractivity contribution < 1.29 is 9.53 Å². The van der Waals surface area contributed by atoms with Gasteiger partial charge >= 0.3 is 0 Å². The molecule has 0 spiro atoms. The van der Waals surface area contributed by atoms with Gasteiger partial charge in [-0.15, -0.1) is 0 Å². The van der Waals surface area contributed by atoms with Gasteiger partial charge in [-0.1, -0.05) is 48.0 Å². The molecule has 0 saturated heterocycles. The van der Waals surface area contributed by atoms with Crippen LogP contribution in [-0.4, -0.2) is 10.9 Å². The van der Waals surface area contributed by atoms with E-state index in [1.165, 1.54) is 0 Å². The average molecular weight is 395 g/mol. The van der Waals surface area contributed by atoms with Crippen molar-refractivity contribution in [3.05, 3.63) is 108 Å². The second-order valence-electron chi connectivity index (χ2n) is 6.79. The van der Waals surface area contributed by atoms with E-state index in [4.69, 9.17) is 4.74 Å². The van der Waals surface area contributed by atoms with Gasteiger partial charge in [0.05, 0.1) is 17.6 Å². The summed E-state index contributed by atoms with van der Waals surface area (Å²) in [6.07, 6.45) is 1.62. The molecule has 0 radical (unpaired) electrons. The summed E-state index contributed by atoms with van der Waals surface area (Å²) in [5, 5.41) is 6.13. The topological polar surface area (TPSA) is 63.2 Å². The average Bonchev–Trinajstić information content (AvgIpc) is 2.77. The number of nitrogens with one attached hydrogen (secondary N) is 2. The maximum Gasteiger partial charge on any atom is 0.255 e. The second-order valence-corrected chi connectivity index (χ2v) is 6.79. The van der Waals surface area contributed by atoms with Gasteiger partial charge < -0.3 is 15.4 Å². The van der Waals surface area contributed by atoms with Crippen molar-refractivity contribution in [3.8, 4) is 11.5 Å². The fraction of sp³-hybridized carbons (Fsp3) is 0.0400. The molecule has 0 atom stereocenters. The molecule has 4 rings (SSSR count). The summed E-state index contributed by atoms with van der Waals surface area (Å²) in [5.41, 5.74) is 3.08. The van der Waals surface area contributed by atoms with Crippen molar-refractivity contribution >= 4 is 23.1 Å². The van der Waals surface area contributed by atoms with Crippen LogP contribution in [-0.2, 0) is 0 Å². The molecule has 2 N–H and O–H groups in total. The Hall–Kier alpha value is -4.12. The molecule has 0 saturated carbocycles. The molecule has 0 aliphatic heterocycles. The lowest BCUT2D eigenvalue weighted by Gasteiger charge is -2.13. The molecular formula is C25H21N3O2. The predicted molar refractivity (Wildman–Crippen MR) is 120 cm³/mol. The lowest BCUT2D eigenvalue weighted by molar-refractivity contribution is 0.102. The number of para-hydroxylation sites is 3. The highest BCUT2D eigenvalue weighted by Crippen LogP contribution is 2.31. The van der Waals surface area contributed by atoms with E-state index in [0.29, 0.717) is 22.8 Å². The zero-order valence-electron chi connectivity index (χ0n) is 16.5. The molecular weight excluding hydrogens is 374 g/mol. The molecule has 0 fully saturated rings. The number of hydrogen-bond acceptors (Lipinski definition) is 4. The molecule has 5 heteroatoms. The highest BCUT2D eigenvalue weighted by Gasteiger charge is 2.08. The lowest BCUT2D eigenvalue weighted by atomic mass is 10.1. The van der Waals surface area contributed by atoms with E-state index in [1.807, 2.05) is 91.9 Å². The smallest absolute Gasteiger partial charge is 0.255 e. The molecule has 1 heterocycles. The van der Waals surface area contributed by atoms with Crippen LogP contribution in [0.15, 0.2) is 97.2 Å². The molecule has 1 aromatic heterocycles. The maximum atomic E-state index is 12.4. The number of aromatic nitrogens is 1. The summed E-state index contributed by atoms with van der Waals surface area (Å²) >= 11 is 0. The van der Waals surface area contributed by atoms with Gasteiger partial charge in [-0.25, -0.2) is 4.98 Å². The van der Waals surface area contributed by atoms with E-state index >= 15 is 0 Å². The van der Waals surface area contributed by atoms with E-state index in [1.54, 1.807) is 12.3 Å². The molecule has 0 unspecified atom stereocenters. The summed E-state index contributed by atoms with van der Waals surface area (Å²) in [7, 11) is 0. The first-order chi connectivity index (χ1) is 14.7. The molecule has 0 aliphatic rings. The predicted octanol–water partition coefficient (Wildman–Crippen LogP) is 6.18. The van der Waals surface area contributed by atoms with Crippen LogP contribution in [0.5, 0.6) is 11.5 Å². The highest BCUT2D eigenvalue weighted by atomic mass is 16.5. The number of hydrogen-bond donors (Lipinski definition) is 2. The number of amides is 1. The van der Waals surface area contributed by atoms with Crippen molar-refractivity contribution in [2.45, 2.75) is 6.92 Å². The van der Waals surface area contributed by atoms with Crippen LogP contribution in [0.25, 0.3) is 0 Å². The Morgan fingerprint density at radius 1 is 0.867 bits per heavy atom. The number of rotatable bonds is 6. The molecule has 0 aliphatic carbocycles. The van der Waals surface area contributed by atoms with Gasteiger partial charge in [0.1, 0.15) is 11.6 Å². The number of aryl methyl sites for hydroxylation is 1. The number of anilines is 3. The SMILES string of the molecule is Cc1cccc(C(=O)Nc2ccc(Nc3ccccc3Oc3ccccc3)nc2)c1. The lowest BCUT2D eigenvalue weighted by Crippen LogP contribution is -2.12. The first-order valence-electron chi connectivity index (χ1n) is 9.60. The van der Waals surface area contributed by atoms with Crippen molar-refractivity contribution in [2.75, 3.05) is 10.6 Å². The van der Waals surface area contributed by atoms with E-state index in [0.717, 1.165) is 17.0 Å². The fourth-order valence-electron chi connectivity index (χ4n) is 2.94. The van der Waals surface area contributed by atoms with Crippen molar-refractivity contribution in [2.24, 2.45) is 0 Å². The van der Waals surface area contributed by atoms with Crippen LogP contribution < -0.4 is 15.4 Å².